The molecule has 0 unspecified atom stereocenters. The predicted octanol–water partition coefficient (Wildman–Crippen LogP) is 2.75. The number of allylic oxidation sites excluding steroid dienone is 4. The van der Waals surface area contributed by atoms with E-state index in [2.05, 4.69) is 25.2 Å². The van der Waals surface area contributed by atoms with Gasteiger partial charge in [-0.3, -0.25) is 5.32 Å². The van der Waals surface area contributed by atoms with Gasteiger partial charge in [0.2, 0.25) is 0 Å². The number of hydrogen-bond acceptors (Lipinski definition) is 0. The van der Waals surface area contributed by atoms with E-state index >= 15 is 0 Å². The van der Waals surface area contributed by atoms with Crippen LogP contribution in [0.3, 0.4) is 0 Å². The molecule has 11 heavy (non-hydrogen) atoms. The van der Waals surface area contributed by atoms with Crippen molar-refractivity contribution in [2.24, 2.45) is 0 Å². The summed E-state index contributed by atoms with van der Waals surface area (Å²) in [7, 11) is 0. The third-order valence-corrected chi connectivity index (χ3v) is 1.70. The van der Waals surface area contributed by atoms with Gasteiger partial charge in [-0.05, 0) is 31.1 Å². The molecule has 1 rings (SSSR count). The third kappa shape index (κ3) is 2.26. The van der Waals surface area contributed by atoms with Crippen molar-refractivity contribution < 1.29 is 0 Å². The minimum Gasteiger partial charge on any atom is -0.257 e. The second-order valence-electron chi connectivity index (χ2n) is 2.70. The van der Waals surface area contributed by atoms with Crippen LogP contribution in [-0.4, -0.2) is 0 Å². The Labute approximate surface area is 68.5 Å². The van der Waals surface area contributed by atoms with E-state index in [1.165, 1.54) is 12.0 Å². The molecular formula is C10H14N. The zero-order valence-corrected chi connectivity index (χ0v) is 7.17. The summed E-state index contributed by atoms with van der Waals surface area (Å²) in [6.45, 7) is 4.29. The highest BCUT2D eigenvalue weighted by Crippen LogP contribution is 2.12. The Hall–Kier alpha value is -0.980. The predicted molar refractivity (Wildman–Crippen MR) is 48.0 cm³/mol. The third-order valence-electron chi connectivity index (χ3n) is 1.70. The molecule has 0 aromatic carbocycles. The van der Waals surface area contributed by atoms with Crippen LogP contribution in [0.25, 0.3) is 0 Å². The smallest absolute Gasteiger partial charge is 0.0656 e. The Morgan fingerprint density at radius 1 is 1.64 bits per heavy atom. The molecule has 0 aromatic heterocycles. The first-order chi connectivity index (χ1) is 5.34. The zero-order valence-electron chi connectivity index (χ0n) is 7.17. The van der Waals surface area contributed by atoms with Gasteiger partial charge in [0.15, 0.2) is 0 Å². The van der Waals surface area contributed by atoms with Gasteiger partial charge in [0.05, 0.1) is 5.70 Å². The highest BCUT2D eigenvalue weighted by molar-refractivity contribution is 5.35. The topological polar surface area (TPSA) is 14.1 Å². The number of rotatable bonds is 3. The van der Waals surface area contributed by atoms with Crippen LogP contribution < -0.4 is 5.32 Å². The Balaban J connectivity index is 2.47. The van der Waals surface area contributed by atoms with Crippen molar-refractivity contribution in [3.63, 3.8) is 0 Å². The van der Waals surface area contributed by atoms with Crippen molar-refractivity contribution in [2.45, 2.75) is 26.7 Å². The Morgan fingerprint density at radius 3 is 3.00 bits per heavy atom. The van der Waals surface area contributed by atoms with Crippen LogP contribution >= 0.6 is 0 Å². The summed E-state index contributed by atoms with van der Waals surface area (Å²) in [4.78, 5) is 0. The van der Waals surface area contributed by atoms with Crippen molar-refractivity contribution in [1.82, 2.24) is 5.32 Å². The average molecular weight is 148 g/mol. The quantitative estimate of drug-likeness (QED) is 0.584. The summed E-state index contributed by atoms with van der Waals surface area (Å²) in [6, 6.07) is 0. The molecule has 0 bridgehead atoms. The molecule has 0 N–H and O–H groups in total. The second kappa shape index (κ2) is 4.02. The standard InChI is InChI=1S/C10H14N/c1-3-4-6-9(2)10-7-5-8-11-10/h5-8H,3-4H2,1-2H3/b9-6+. The van der Waals surface area contributed by atoms with Gasteiger partial charge in [0, 0.05) is 6.20 Å². The molecule has 0 saturated carbocycles. The van der Waals surface area contributed by atoms with E-state index in [0.29, 0.717) is 0 Å². The molecule has 1 aliphatic heterocycles. The molecule has 1 heterocycles. The molecule has 0 saturated heterocycles. The van der Waals surface area contributed by atoms with Gasteiger partial charge in [0.25, 0.3) is 0 Å². The minimum atomic E-state index is 1.11. The molecule has 1 nitrogen and oxygen atoms in total. The van der Waals surface area contributed by atoms with Crippen LogP contribution in [-0.2, 0) is 0 Å². The van der Waals surface area contributed by atoms with Crippen LogP contribution in [0.2, 0.25) is 0 Å². The van der Waals surface area contributed by atoms with Crippen molar-refractivity contribution in [3.05, 3.63) is 35.7 Å². The van der Waals surface area contributed by atoms with Crippen LogP contribution in [0.4, 0.5) is 0 Å². The fraction of sp³-hybridized carbons (Fsp3) is 0.400. The van der Waals surface area contributed by atoms with Gasteiger partial charge in [-0.1, -0.05) is 19.4 Å². The maximum atomic E-state index is 4.20. The molecular weight excluding hydrogens is 134 g/mol. The van der Waals surface area contributed by atoms with E-state index in [1.807, 2.05) is 18.4 Å². The van der Waals surface area contributed by atoms with Crippen LogP contribution in [0.5, 0.6) is 0 Å². The Morgan fingerprint density at radius 2 is 2.45 bits per heavy atom. The normalized spacial score (nSPS) is 16.5. The molecule has 0 aromatic rings. The lowest BCUT2D eigenvalue weighted by molar-refractivity contribution is 0.942. The fourth-order valence-corrected chi connectivity index (χ4v) is 0.999. The van der Waals surface area contributed by atoms with Gasteiger partial charge < -0.3 is 0 Å². The maximum Gasteiger partial charge on any atom is 0.0656 e. The highest BCUT2D eigenvalue weighted by Gasteiger charge is 2.00. The van der Waals surface area contributed by atoms with Gasteiger partial charge in [-0.15, -0.1) is 0 Å². The van der Waals surface area contributed by atoms with Gasteiger partial charge in [-0.25, -0.2) is 0 Å². The van der Waals surface area contributed by atoms with Crippen LogP contribution in [0.15, 0.2) is 35.7 Å². The Bertz CT molecular complexity index is 209. The molecule has 0 spiro atoms. The minimum absolute atomic E-state index is 1.11. The van der Waals surface area contributed by atoms with E-state index in [9.17, 15) is 0 Å². The zero-order chi connectivity index (χ0) is 8.10. The summed E-state index contributed by atoms with van der Waals surface area (Å²) in [5.41, 5.74) is 2.40. The van der Waals surface area contributed by atoms with E-state index in [0.717, 1.165) is 12.1 Å². The first kappa shape index (κ1) is 8.12. The molecule has 0 atom stereocenters. The Kier molecular flexibility index (Phi) is 2.96. The SMILES string of the molecule is CCC/C=C(\C)C1=CC=C[N]1. The van der Waals surface area contributed by atoms with Crippen molar-refractivity contribution >= 4 is 0 Å². The summed E-state index contributed by atoms with van der Waals surface area (Å²) < 4.78 is 0. The van der Waals surface area contributed by atoms with Gasteiger partial charge >= 0.3 is 0 Å². The molecule has 0 fully saturated rings. The van der Waals surface area contributed by atoms with Crippen molar-refractivity contribution in [2.75, 3.05) is 0 Å². The molecule has 0 amide bonds. The van der Waals surface area contributed by atoms with Crippen molar-refractivity contribution in [1.29, 1.82) is 0 Å². The molecule has 1 radical (unpaired) electrons. The largest absolute Gasteiger partial charge is 0.257 e. The first-order valence-electron chi connectivity index (χ1n) is 4.09. The van der Waals surface area contributed by atoms with Gasteiger partial charge in [-0.2, -0.15) is 0 Å². The lowest BCUT2D eigenvalue weighted by Crippen LogP contribution is -1.93. The summed E-state index contributed by atoms with van der Waals surface area (Å²) in [5.74, 6) is 0. The molecule has 1 aliphatic rings. The summed E-state index contributed by atoms with van der Waals surface area (Å²) in [6.07, 6.45) is 10.4. The maximum absolute atomic E-state index is 4.20. The van der Waals surface area contributed by atoms with E-state index < -0.39 is 0 Å². The summed E-state index contributed by atoms with van der Waals surface area (Å²) in [5, 5.41) is 4.20. The first-order valence-corrected chi connectivity index (χ1v) is 4.09. The van der Waals surface area contributed by atoms with Gasteiger partial charge in [0.1, 0.15) is 0 Å². The average Bonchev–Trinajstić information content (AvgIpc) is 2.52. The fourth-order valence-electron chi connectivity index (χ4n) is 0.999. The summed E-state index contributed by atoms with van der Waals surface area (Å²) >= 11 is 0. The van der Waals surface area contributed by atoms with E-state index in [-0.39, 0.29) is 0 Å². The number of nitrogens with zero attached hydrogens (tertiary/aromatic N) is 1. The monoisotopic (exact) mass is 148 g/mol. The van der Waals surface area contributed by atoms with Crippen LogP contribution in [0.1, 0.15) is 26.7 Å². The van der Waals surface area contributed by atoms with E-state index in [1.54, 1.807) is 0 Å². The number of unbranched alkanes of at least 4 members (excludes halogenated alkanes) is 1. The van der Waals surface area contributed by atoms with Crippen LogP contribution in [0, 0.1) is 0 Å². The lowest BCUT2D eigenvalue weighted by Gasteiger charge is -1.99. The second-order valence-corrected chi connectivity index (χ2v) is 2.70. The van der Waals surface area contributed by atoms with E-state index in [4.69, 9.17) is 0 Å². The highest BCUT2D eigenvalue weighted by atomic mass is 14.9. The molecule has 59 valence electrons. The number of hydrogen-bond donors (Lipinski definition) is 0. The lowest BCUT2D eigenvalue weighted by atomic mass is 10.1. The molecule has 1 heteroatoms. The molecule has 0 aliphatic carbocycles. The van der Waals surface area contributed by atoms with Crippen molar-refractivity contribution in [3.8, 4) is 0 Å².